The molecule has 1 aliphatic rings. The summed E-state index contributed by atoms with van der Waals surface area (Å²) in [5, 5.41) is 10.1. The summed E-state index contributed by atoms with van der Waals surface area (Å²) in [6.07, 6.45) is 0. The fourth-order valence-electron chi connectivity index (χ4n) is 2.90. The number of aromatic nitrogens is 1. The number of aromatic amines is 1. The molecule has 29 heavy (non-hydrogen) atoms. The Bertz CT molecular complexity index is 1140. The Morgan fingerprint density at radius 3 is 2.76 bits per heavy atom. The molecular formula is C19H18ClN5O3S. The van der Waals surface area contributed by atoms with E-state index in [4.69, 9.17) is 16.0 Å². The average molecular weight is 432 g/mol. The Morgan fingerprint density at radius 1 is 1.24 bits per heavy atom. The zero-order valence-corrected chi connectivity index (χ0v) is 16.9. The highest BCUT2D eigenvalue weighted by Gasteiger charge is 2.27. The summed E-state index contributed by atoms with van der Waals surface area (Å²) >= 11 is 7.73. The summed E-state index contributed by atoms with van der Waals surface area (Å²) in [6.45, 7) is 2.00. The van der Waals surface area contributed by atoms with E-state index in [2.05, 4.69) is 25.9 Å². The van der Waals surface area contributed by atoms with E-state index >= 15 is 0 Å². The number of hydrogen-bond acceptors (Lipinski definition) is 5. The van der Waals surface area contributed by atoms with Crippen LogP contribution >= 0.6 is 23.4 Å². The van der Waals surface area contributed by atoms with Crippen LogP contribution in [0.4, 0.5) is 11.4 Å². The summed E-state index contributed by atoms with van der Waals surface area (Å²) in [5.41, 5.74) is 2.26. The number of nitrogens with one attached hydrogen (secondary N) is 4. The summed E-state index contributed by atoms with van der Waals surface area (Å²) in [7, 11) is 0. The maximum atomic E-state index is 12.6. The molecule has 0 saturated carbocycles. The minimum absolute atomic E-state index is 0.204. The van der Waals surface area contributed by atoms with Crippen LogP contribution in [0.5, 0.6) is 0 Å². The lowest BCUT2D eigenvalue weighted by atomic mass is 10.3. The van der Waals surface area contributed by atoms with Gasteiger partial charge in [0, 0.05) is 28.2 Å². The van der Waals surface area contributed by atoms with Gasteiger partial charge in [-0.1, -0.05) is 17.7 Å². The van der Waals surface area contributed by atoms with Gasteiger partial charge in [0.25, 0.3) is 5.91 Å². The predicted molar refractivity (Wildman–Crippen MR) is 117 cm³/mol. The molecule has 0 spiro atoms. The van der Waals surface area contributed by atoms with Crippen LogP contribution in [0.15, 0.2) is 56.7 Å². The van der Waals surface area contributed by atoms with Crippen LogP contribution in [0.3, 0.4) is 0 Å². The van der Waals surface area contributed by atoms with Crippen LogP contribution in [0.2, 0.25) is 5.02 Å². The number of nitrogens with zero attached hydrogens (tertiary/aromatic N) is 1. The van der Waals surface area contributed by atoms with E-state index in [0.717, 1.165) is 0 Å². The van der Waals surface area contributed by atoms with E-state index in [-0.39, 0.29) is 23.3 Å². The third-order valence-electron chi connectivity index (χ3n) is 4.24. The lowest BCUT2D eigenvalue weighted by molar-refractivity contribution is -0.119. The highest BCUT2D eigenvalue weighted by atomic mass is 35.5. The molecule has 2 atom stereocenters. The van der Waals surface area contributed by atoms with Crippen LogP contribution in [0.1, 0.15) is 6.92 Å². The van der Waals surface area contributed by atoms with E-state index in [1.165, 1.54) is 0 Å². The monoisotopic (exact) mass is 431 g/mol. The number of halogens is 1. The third kappa shape index (κ3) is 4.81. The fraction of sp³-hybridized carbons (Fsp3) is 0.211. The van der Waals surface area contributed by atoms with Crippen molar-refractivity contribution in [2.24, 2.45) is 4.99 Å². The first kappa shape index (κ1) is 19.6. The van der Waals surface area contributed by atoms with Crippen molar-refractivity contribution in [3.8, 4) is 0 Å². The average Bonchev–Trinajstić information content (AvgIpc) is 3.26. The number of carbonyl (C=O) groups is 1. The molecule has 1 saturated heterocycles. The molecule has 0 radical (unpaired) electrons. The van der Waals surface area contributed by atoms with E-state index in [0.29, 0.717) is 33.2 Å². The maximum Gasteiger partial charge on any atom is 0.417 e. The van der Waals surface area contributed by atoms with Gasteiger partial charge in [0.15, 0.2) is 5.58 Å². The Kier molecular flexibility index (Phi) is 5.61. The van der Waals surface area contributed by atoms with E-state index in [1.54, 1.807) is 48.2 Å². The molecule has 2 unspecified atom stereocenters. The number of guanidine groups is 1. The van der Waals surface area contributed by atoms with Crippen molar-refractivity contribution in [2.75, 3.05) is 16.4 Å². The fourth-order valence-corrected chi connectivity index (χ4v) is 4.07. The number of oxazole rings is 1. The number of rotatable bonds is 3. The number of hydrogen-bond donors (Lipinski definition) is 4. The van der Waals surface area contributed by atoms with Crippen LogP contribution in [-0.2, 0) is 4.79 Å². The van der Waals surface area contributed by atoms with Crippen LogP contribution in [0, 0.1) is 0 Å². The molecule has 0 aliphatic carbocycles. The zero-order chi connectivity index (χ0) is 20.4. The Labute approximate surface area is 175 Å². The van der Waals surface area contributed by atoms with Crippen molar-refractivity contribution >= 4 is 57.7 Å². The van der Waals surface area contributed by atoms with Crippen molar-refractivity contribution in [3.05, 3.63) is 58.0 Å². The largest absolute Gasteiger partial charge is 0.417 e. The topological polar surface area (TPSA) is 112 Å². The SMILES string of the molecule is CC1NC(C(=O)/N=C(\Nc2cccc(Cl)c2)Nc2ccc3[nH]c(=O)oc3c2)CS1. The van der Waals surface area contributed by atoms with Gasteiger partial charge < -0.3 is 15.1 Å². The number of carbonyl (C=O) groups excluding carboxylic acids is 1. The molecule has 4 N–H and O–H groups in total. The van der Waals surface area contributed by atoms with Gasteiger partial charge in [-0.3, -0.25) is 15.1 Å². The van der Waals surface area contributed by atoms with Crippen molar-refractivity contribution in [1.29, 1.82) is 0 Å². The van der Waals surface area contributed by atoms with Gasteiger partial charge in [-0.05, 0) is 37.3 Å². The van der Waals surface area contributed by atoms with Crippen molar-refractivity contribution < 1.29 is 9.21 Å². The van der Waals surface area contributed by atoms with Crippen LogP contribution in [-0.4, -0.2) is 34.0 Å². The highest BCUT2D eigenvalue weighted by molar-refractivity contribution is 8.00. The van der Waals surface area contributed by atoms with Gasteiger partial charge in [-0.2, -0.15) is 4.99 Å². The molecule has 1 aliphatic heterocycles. The molecule has 8 nitrogen and oxygen atoms in total. The van der Waals surface area contributed by atoms with E-state index in [1.807, 2.05) is 13.0 Å². The van der Waals surface area contributed by atoms with E-state index in [9.17, 15) is 9.59 Å². The second kappa shape index (κ2) is 8.32. The Balaban J connectivity index is 1.61. The number of amides is 1. The highest BCUT2D eigenvalue weighted by Crippen LogP contribution is 2.20. The normalized spacial score (nSPS) is 19.4. The molecule has 2 heterocycles. The second-order valence-corrected chi connectivity index (χ2v) is 8.29. The van der Waals surface area contributed by atoms with Crippen LogP contribution in [0.25, 0.3) is 11.1 Å². The lowest BCUT2D eigenvalue weighted by Gasteiger charge is -2.14. The molecule has 2 aromatic carbocycles. The molecule has 1 amide bonds. The standard InChI is InChI=1S/C19H18ClN5O3S/c1-10-21-15(9-29-10)17(26)25-18(22-12-4-2-3-11(20)7-12)23-13-5-6-14-16(8-13)28-19(27)24-14/h2-8,10,15,21H,9H2,1H3,(H,24,27)(H2,22,23,25,26). The first-order valence-electron chi connectivity index (χ1n) is 8.89. The zero-order valence-electron chi connectivity index (χ0n) is 15.4. The second-order valence-electron chi connectivity index (χ2n) is 6.48. The quantitative estimate of drug-likeness (QED) is 0.372. The van der Waals surface area contributed by atoms with Gasteiger partial charge in [-0.25, -0.2) is 4.79 Å². The molecule has 150 valence electrons. The van der Waals surface area contributed by atoms with Gasteiger partial charge in [0.1, 0.15) is 0 Å². The summed E-state index contributed by atoms with van der Waals surface area (Å²) in [4.78, 5) is 30.8. The Hall–Kier alpha value is -2.75. The smallest absolute Gasteiger partial charge is 0.408 e. The summed E-state index contributed by atoms with van der Waals surface area (Å²) in [5.74, 6) is 0.0835. The molecule has 10 heteroatoms. The van der Waals surface area contributed by atoms with Gasteiger partial charge in [0.05, 0.1) is 16.9 Å². The first-order valence-corrected chi connectivity index (χ1v) is 10.3. The summed E-state index contributed by atoms with van der Waals surface area (Å²) in [6, 6.07) is 11.8. The number of benzene rings is 2. The van der Waals surface area contributed by atoms with Crippen molar-refractivity contribution in [3.63, 3.8) is 0 Å². The molecule has 0 bridgehead atoms. The maximum absolute atomic E-state index is 12.6. The molecule has 1 fully saturated rings. The summed E-state index contributed by atoms with van der Waals surface area (Å²) < 4.78 is 5.09. The molecule has 4 rings (SSSR count). The van der Waals surface area contributed by atoms with Crippen molar-refractivity contribution in [2.45, 2.75) is 18.3 Å². The van der Waals surface area contributed by atoms with Gasteiger partial charge in [0.2, 0.25) is 5.96 Å². The molecular weight excluding hydrogens is 414 g/mol. The number of anilines is 2. The first-order chi connectivity index (χ1) is 14.0. The molecule has 3 aromatic rings. The lowest BCUT2D eigenvalue weighted by Crippen LogP contribution is -2.36. The van der Waals surface area contributed by atoms with Gasteiger partial charge >= 0.3 is 5.76 Å². The number of thioether (sulfide) groups is 1. The number of aliphatic imine (C=N–C) groups is 1. The van der Waals surface area contributed by atoms with E-state index < -0.39 is 5.76 Å². The van der Waals surface area contributed by atoms with Crippen LogP contribution < -0.4 is 21.7 Å². The minimum Gasteiger partial charge on any atom is -0.408 e. The van der Waals surface area contributed by atoms with Crippen molar-refractivity contribution in [1.82, 2.24) is 10.3 Å². The molecule has 1 aromatic heterocycles. The Morgan fingerprint density at radius 2 is 2.03 bits per heavy atom. The number of fused-ring (bicyclic) bond motifs is 1. The minimum atomic E-state index is -0.530. The predicted octanol–water partition coefficient (Wildman–Crippen LogP) is 3.23. The third-order valence-corrected chi connectivity index (χ3v) is 5.64. The van der Waals surface area contributed by atoms with Gasteiger partial charge in [-0.15, -0.1) is 11.8 Å². The number of H-pyrrole nitrogens is 1.